The number of hydrogen-bond acceptors (Lipinski definition) is 4. The van der Waals surface area contributed by atoms with Crippen LogP contribution in [0.15, 0.2) is 18.2 Å². The van der Waals surface area contributed by atoms with Crippen LogP contribution in [-0.4, -0.2) is 31.9 Å². The Morgan fingerprint density at radius 3 is 2.88 bits per heavy atom. The monoisotopic (exact) mass is 218 g/mol. The molecule has 16 heavy (non-hydrogen) atoms. The SMILES string of the molecule is Cc1ccc(C)c(-n2nnc(CCO)n2)c1. The molecule has 5 heteroatoms. The van der Waals surface area contributed by atoms with Crippen molar-refractivity contribution in [2.75, 3.05) is 6.61 Å². The molecule has 1 heterocycles. The van der Waals surface area contributed by atoms with E-state index in [9.17, 15) is 0 Å². The molecule has 0 amide bonds. The number of tetrazole rings is 1. The number of aliphatic hydroxyl groups is 1. The van der Waals surface area contributed by atoms with Crippen LogP contribution in [-0.2, 0) is 6.42 Å². The predicted octanol–water partition coefficient (Wildman–Crippen LogP) is 0.814. The van der Waals surface area contributed by atoms with Crippen molar-refractivity contribution in [1.82, 2.24) is 20.2 Å². The van der Waals surface area contributed by atoms with Crippen LogP contribution >= 0.6 is 0 Å². The van der Waals surface area contributed by atoms with Gasteiger partial charge >= 0.3 is 0 Å². The molecule has 0 fully saturated rings. The Balaban J connectivity index is 2.38. The first-order chi connectivity index (χ1) is 7.70. The molecule has 0 aliphatic carbocycles. The molecule has 84 valence electrons. The second kappa shape index (κ2) is 4.40. The molecule has 0 atom stereocenters. The van der Waals surface area contributed by atoms with Crippen LogP contribution in [0.5, 0.6) is 0 Å². The van der Waals surface area contributed by atoms with E-state index in [-0.39, 0.29) is 6.61 Å². The third kappa shape index (κ3) is 2.09. The second-order valence-corrected chi connectivity index (χ2v) is 3.76. The van der Waals surface area contributed by atoms with Crippen molar-refractivity contribution in [2.24, 2.45) is 0 Å². The van der Waals surface area contributed by atoms with Crippen LogP contribution in [0, 0.1) is 13.8 Å². The highest BCUT2D eigenvalue weighted by Crippen LogP contribution is 2.13. The van der Waals surface area contributed by atoms with Gasteiger partial charge in [0.2, 0.25) is 0 Å². The molecule has 5 nitrogen and oxygen atoms in total. The minimum absolute atomic E-state index is 0.0402. The molecule has 0 saturated carbocycles. The first kappa shape index (κ1) is 10.8. The predicted molar refractivity (Wildman–Crippen MR) is 59.4 cm³/mol. The maximum absolute atomic E-state index is 8.78. The highest BCUT2D eigenvalue weighted by molar-refractivity contribution is 5.41. The Kier molecular flexibility index (Phi) is 2.96. The second-order valence-electron chi connectivity index (χ2n) is 3.76. The third-order valence-corrected chi connectivity index (χ3v) is 2.37. The fraction of sp³-hybridized carbons (Fsp3) is 0.364. The molecular formula is C11H14N4O. The minimum atomic E-state index is 0.0402. The molecule has 2 rings (SSSR count). The van der Waals surface area contributed by atoms with Gasteiger partial charge in [-0.05, 0) is 36.3 Å². The zero-order valence-corrected chi connectivity index (χ0v) is 9.38. The van der Waals surface area contributed by atoms with Gasteiger partial charge in [-0.25, -0.2) is 0 Å². The van der Waals surface area contributed by atoms with Crippen LogP contribution in [0.25, 0.3) is 5.69 Å². The maximum Gasteiger partial charge on any atom is 0.177 e. The van der Waals surface area contributed by atoms with Crippen molar-refractivity contribution in [3.05, 3.63) is 35.2 Å². The molecule has 0 unspecified atom stereocenters. The lowest BCUT2D eigenvalue weighted by Gasteiger charge is -2.03. The summed E-state index contributed by atoms with van der Waals surface area (Å²) in [5.74, 6) is 0.559. The van der Waals surface area contributed by atoms with E-state index in [1.54, 1.807) is 0 Å². The summed E-state index contributed by atoms with van der Waals surface area (Å²) < 4.78 is 0. The van der Waals surface area contributed by atoms with Gasteiger partial charge in [-0.15, -0.1) is 15.0 Å². The zero-order valence-electron chi connectivity index (χ0n) is 9.38. The topological polar surface area (TPSA) is 63.8 Å². The van der Waals surface area contributed by atoms with E-state index in [0.717, 1.165) is 16.8 Å². The summed E-state index contributed by atoms with van der Waals surface area (Å²) in [4.78, 5) is 1.51. The summed E-state index contributed by atoms with van der Waals surface area (Å²) >= 11 is 0. The van der Waals surface area contributed by atoms with Gasteiger partial charge in [0.15, 0.2) is 5.82 Å². The lowest BCUT2D eigenvalue weighted by molar-refractivity contribution is 0.296. The number of aryl methyl sites for hydroxylation is 2. The van der Waals surface area contributed by atoms with Gasteiger partial charge in [0.25, 0.3) is 0 Å². The van der Waals surface area contributed by atoms with Gasteiger partial charge in [-0.2, -0.15) is 0 Å². The molecule has 0 saturated heterocycles. The Bertz CT molecular complexity index is 492. The van der Waals surface area contributed by atoms with Gasteiger partial charge in [0.1, 0.15) is 0 Å². The van der Waals surface area contributed by atoms with Gasteiger partial charge in [0.05, 0.1) is 12.3 Å². The summed E-state index contributed by atoms with van der Waals surface area (Å²) in [5.41, 5.74) is 3.18. The van der Waals surface area contributed by atoms with Crippen molar-refractivity contribution in [3.63, 3.8) is 0 Å². The molecular weight excluding hydrogens is 204 g/mol. The normalized spacial score (nSPS) is 10.7. The van der Waals surface area contributed by atoms with Gasteiger partial charge in [0, 0.05) is 6.42 Å². The largest absolute Gasteiger partial charge is 0.396 e. The first-order valence-electron chi connectivity index (χ1n) is 5.18. The number of aliphatic hydroxyl groups excluding tert-OH is 1. The van der Waals surface area contributed by atoms with E-state index in [1.807, 2.05) is 32.0 Å². The van der Waals surface area contributed by atoms with E-state index in [0.29, 0.717) is 12.2 Å². The van der Waals surface area contributed by atoms with Crippen LogP contribution in [0.4, 0.5) is 0 Å². The Morgan fingerprint density at radius 2 is 2.12 bits per heavy atom. The van der Waals surface area contributed by atoms with Gasteiger partial charge in [-0.3, -0.25) is 0 Å². The summed E-state index contributed by atoms with van der Waals surface area (Å²) in [7, 11) is 0. The van der Waals surface area contributed by atoms with E-state index < -0.39 is 0 Å². The Morgan fingerprint density at radius 1 is 1.31 bits per heavy atom. The Hall–Kier alpha value is -1.75. The zero-order chi connectivity index (χ0) is 11.5. The van der Waals surface area contributed by atoms with Crippen molar-refractivity contribution in [1.29, 1.82) is 0 Å². The number of benzene rings is 1. The molecule has 0 spiro atoms. The van der Waals surface area contributed by atoms with E-state index in [1.165, 1.54) is 4.80 Å². The van der Waals surface area contributed by atoms with Gasteiger partial charge < -0.3 is 5.11 Å². The van der Waals surface area contributed by atoms with Crippen molar-refractivity contribution >= 4 is 0 Å². The van der Waals surface area contributed by atoms with Crippen LogP contribution in [0.3, 0.4) is 0 Å². The van der Waals surface area contributed by atoms with Crippen molar-refractivity contribution in [2.45, 2.75) is 20.3 Å². The number of nitrogens with zero attached hydrogens (tertiary/aromatic N) is 4. The Labute approximate surface area is 93.7 Å². The van der Waals surface area contributed by atoms with E-state index >= 15 is 0 Å². The lowest BCUT2D eigenvalue weighted by atomic mass is 10.1. The maximum atomic E-state index is 8.78. The first-order valence-corrected chi connectivity index (χ1v) is 5.18. The average molecular weight is 218 g/mol. The molecule has 1 aromatic heterocycles. The summed E-state index contributed by atoms with van der Waals surface area (Å²) in [6, 6.07) is 6.09. The van der Waals surface area contributed by atoms with E-state index in [4.69, 9.17) is 5.11 Å². The third-order valence-electron chi connectivity index (χ3n) is 2.37. The smallest absolute Gasteiger partial charge is 0.177 e. The fourth-order valence-electron chi connectivity index (χ4n) is 1.48. The fourth-order valence-corrected chi connectivity index (χ4v) is 1.48. The van der Waals surface area contributed by atoms with Gasteiger partial charge in [-0.1, -0.05) is 12.1 Å². The van der Waals surface area contributed by atoms with Crippen molar-refractivity contribution < 1.29 is 5.11 Å². The molecule has 0 aliphatic rings. The molecule has 1 N–H and O–H groups in total. The highest BCUT2D eigenvalue weighted by atomic mass is 16.3. The number of rotatable bonds is 3. The van der Waals surface area contributed by atoms with Crippen LogP contribution in [0.1, 0.15) is 17.0 Å². The highest BCUT2D eigenvalue weighted by Gasteiger charge is 2.06. The standard InChI is InChI=1S/C11H14N4O/c1-8-3-4-9(2)10(7-8)15-13-11(5-6-16)12-14-15/h3-4,7,16H,5-6H2,1-2H3. The van der Waals surface area contributed by atoms with Crippen molar-refractivity contribution in [3.8, 4) is 5.69 Å². The lowest BCUT2D eigenvalue weighted by Crippen LogP contribution is -2.02. The molecule has 0 aliphatic heterocycles. The molecule has 0 radical (unpaired) electrons. The van der Waals surface area contributed by atoms with Crippen LogP contribution < -0.4 is 0 Å². The molecule has 2 aromatic rings. The number of hydrogen-bond donors (Lipinski definition) is 1. The van der Waals surface area contributed by atoms with Crippen LogP contribution in [0.2, 0.25) is 0 Å². The minimum Gasteiger partial charge on any atom is -0.396 e. The molecule has 1 aromatic carbocycles. The summed E-state index contributed by atoms with van der Waals surface area (Å²) in [6.45, 7) is 4.07. The summed E-state index contributed by atoms with van der Waals surface area (Å²) in [5, 5.41) is 20.8. The summed E-state index contributed by atoms with van der Waals surface area (Å²) in [6.07, 6.45) is 0.435. The average Bonchev–Trinajstić information content (AvgIpc) is 2.71. The quantitative estimate of drug-likeness (QED) is 0.828. The van der Waals surface area contributed by atoms with E-state index in [2.05, 4.69) is 15.4 Å². The number of aromatic nitrogens is 4. The molecule has 0 bridgehead atoms.